The minimum atomic E-state index is -0.382. The van der Waals surface area contributed by atoms with Gasteiger partial charge in [0.15, 0.2) is 0 Å². The molecule has 4 nitrogen and oxygen atoms in total. The molecule has 0 atom stereocenters. The van der Waals surface area contributed by atoms with Gasteiger partial charge in [0.2, 0.25) is 0 Å². The molecule has 98 valence electrons. The summed E-state index contributed by atoms with van der Waals surface area (Å²) in [6.45, 7) is 3.75. The van der Waals surface area contributed by atoms with Crippen molar-refractivity contribution in [2.75, 3.05) is 37.7 Å². The number of nitrogens with one attached hydrogen (secondary N) is 1. The Hall–Kier alpha value is -1.20. The maximum absolute atomic E-state index is 11.5. The molecule has 18 heavy (non-hydrogen) atoms. The second kappa shape index (κ2) is 7.28. The molecule has 1 N–H and O–H groups in total. The first-order valence-electron chi connectivity index (χ1n) is 6.15. The van der Waals surface area contributed by atoms with Crippen LogP contribution >= 0.6 is 11.8 Å². The maximum atomic E-state index is 11.5. The predicted molar refractivity (Wildman–Crippen MR) is 74.2 cm³/mol. The number of rotatable bonds is 4. The number of amides is 1. The van der Waals surface area contributed by atoms with E-state index in [1.807, 2.05) is 30.0 Å². The van der Waals surface area contributed by atoms with E-state index in [9.17, 15) is 4.79 Å². The van der Waals surface area contributed by atoms with Gasteiger partial charge in [-0.2, -0.15) is 11.8 Å². The molecule has 1 amide bonds. The summed E-state index contributed by atoms with van der Waals surface area (Å²) in [5.74, 6) is 2.95. The molecule has 0 bridgehead atoms. The van der Waals surface area contributed by atoms with Crippen molar-refractivity contribution in [1.82, 2.24) is 10.2 Å². The maximum Gasteiger partial charge on any atom is 0.412 e. The Morgan fingerprint density at radius 3 is 2.72 bits per heavy atom. The van der Waals surface area contributed by atoms with Crippen molar-refractivity contribution >= 4 is 17.9 Å². The lowest BCUT2D eigenvalue weighted by molar-refractivity contribution is 0.197. The van der Waals surface area contributed by atoms with E-state index < -0.39 is 0 Å². The summed E-state index contributed by atoms with van der Waals surface area (Å²) < 4.78 is 5.13. The van der Waals surface area contributed by atoms with E-state index >= 15 is 0 Å². The van der Waals surface area contributed by atoms with E-state index in [0.29, 0.717) is 12.3 Å². The normalized spacial score (nSPS) is 16.2. The largest absolute Gasteiger partial charge is 0.412 e. The number of benzene rings is 1. The molecule has 1 saturated heterocycles. The van der Waals surface area contributed by atoms with Crippen molar-refractivity contribution in [1.29, 1.82) is 0 Å². The Morgan fingerprint density at radius 2 is 2.00 bits per heavy atom. The molecular weight excluding hydrogens is 248 g/mol. The van der Waals surface area contributed by atoms with Crippen LogP contribution in [0.5, 0.6) is 5.75 Å². The lowest BCUT2D eigenvalue weighted by Gasteiger charge is -2.25. The van der Waals surface area contributed by atoms with Gasteiger partial charge in [-0.05, 0) is 12.1 Å². The van der Waals surface area contributed by atoms with Gasteiger partial charge in [-0.25, -0.2) is 4.79 Å². The molecule has 0 aliphatic carbocycles. The number of nitrogens with zero attached hydrogens (tertiary/aromatic N) is 1. The quantitative estimate of drug-likeness (QED) is 0.902. The number of hydrogen-bond acceptors (Lipinski definition) is 4. The fourth-order valence-electron chi connectivity index (χ4n) is 1.77. The molecule has 0 saturated carbocycles. The monoisotopic (exact) mass is 266 g/mol. The molecule has 5 heteroatoms. The molecule has 0 spiro atoms. The van der Waals surface area contributed by atoms with Gasteiger partial charge in [0.05, 0.1) is 0 Å². The Balaban J connectivity index is 1.62. The number of thioether (sulfide) groups is 1. The third-order valence-electron chi connectivity index (χ3n) is 2.75. The van der Waals surface area contributed by atoms with Gasteiger partial charge in [0, 0.05) is 37.7 Å². The predicted octanol–water partition coefficient (Wildman–Crippen LogP) is 1.82. The highest BCUT2D eigenvalue weighted by Gasteiger charge is 2.10. The first-order chi connectivity index (χ1) is 8.84. The minimum absolute atomic E-state index is 0.382. The van der Waals surface area contributed by atoms with Crippen molar-refractivity contribution in [3.05, 3.63) is 30.3 Å². The first kappa shape index (κ1) is 13.2. The van der Waals surface area contributed by atoms with Gasteiger partial charge >= 0.3 is 6.09 Å². The average Bonchev–Trinajstić information content (AvgIpc) is 2.41. The first-order valence-corrected chi connectivity index (χ1v) is 7.31. The Labute approximate surface area is 112 Å². The second-order valence-electron chi connectivity index (χ2n) is 4.08. The van der Waals surface area contributed by atoms with Crippen LogP contribution < -0.4 is 10.1 Å². The van der Waals surface area contributed by atoms with E-state index in [-0.39, 0.29) is 6.09 Å². The van der Waals surface area contributed by atoms with Gasteiger partial charge in [-0.3, -0.25) is 4.90 Å². The van der Waals surface area contributed by atoms with Gasteiger partial charge < -0.3 is 10.1 Å². The van der Waals surface area contributed by atoms with Crippen LogP contribution in [0.2, 0.25) is 0 Å². The number of hydrogen-bond donors (Lipinski definition) is 1. The summed E-state index contributed by atoms with van der Waals surface area (Å²) in [4.78, 5) is 13.9. The van der Waals surface area contributed by atoms with E-state index in [2.05, 4.69) is 10.2 Å². The molecule has 2 rings (SSSR count). The zero-order valence-electron chi connectivity index (χ0n) is 10.3. The number of carbonyl (C=O) groups is 1. The smallest absolute Gasteiger partial charge is 0.410 e. The summed E-state index contributed by atoms with van der Waals surface area (Å²) in [6.07, 6.45) is -0.382. The average molecular weight is 266 g/mol. The molecule has 1 aliphatic heterocycles. The van der Waals surface area contributed by atoms with E-state index in [0.717, 1.165) is 19.6 Å². The Kier molecular flexibility index (Phi) is 5.36. The van der Waals surface area contributed by atoms with Gasteiger partial charge in [-0.15, -0.1) is 0 Å². The number of ether oxygens (including phenoxy) is 1. The summed E-state index contributed by atoms with van der Waals surface area (Å²) in [6, 6.07) is 9.10. The summed E-state index contributed by atoms with van der Waals surface area (Å²) >= 11 is 1.99. The van der Waals surface area contributed by atoms with Crippen LogP contribution in [0.3, 0.4) is 0 Å². The summed E-state index contributed by atoms with van der Waals surface area (Å²) in [7, 11) is 0. The zero-order chi connectivity index (χ0) is 12.6. The SMILES string of the molecule is O=C(NCCN1CCSCC1)Oc1ccccc1. The highest BCUT2D eigenvalue weighted by atomic mass is 32.2. The van der Waals surface area contributed by atoms with Crippen molar-refractivity contribution in [3.8, 4) is 5.75 Å². The summed E-state index contributed by atoms with van der Waals surface area (Å²) in [5.41, 5.74) is 0. The van der Waals surface area contributed by atoms with Crippen molar-refractivity contribution in [2.45, 2.75) is 0 Å². The van der Waals surface area contributed by atoms with Crippen LogP contribution in [-0.4, -0.2) is 48.7 Å². The minimum Gasteiger partial charge on any atom is -0.410 e. The molecule has 0 aromatic heterocycles. The highest BCUT2D eigenvalue weighted by molar-refractivity contribution is 7.99. The van der Waals surface area contributed by atoms with Gasteiger partial charge in [0.1, 0.15) is 5.75 Å². The molecular formula is C13H18N2O2S. The van der Waals surface area contributed by atoms with Crippen LogP contribution in [0, 0.1) is 0 Å². The van der Waals surface area contributed by atoms with Crippen LogP contribution in [0.4, 0.5) is 4.79 Å². The zero-order valence-corrected chi connectivity index (χ0v) is 11.1. The van der Waals surface area contributed by atoms with Crippen LogP contribution in [0.15, 0.2) is 30.3 Å². The summed E-state index contributed by atoms with van der Waals surface area (Å²) in [5, 5.41) is 2.77. The van der Waals surface area contributed by atoms with Crippen molar-refractivity contribution in [2.24, 2.45) is 0 Å². The van der Waals surface area contributed by atoms with Crippen molar-refractivity contribution in [3.63, 3.8) is 0 Å². The topological polar surface area (TPSA) is 41.6 Å². The molecule has 1 aromatic carbocycles. The van der Waals surface area contributed by atoms with Crippen molar-refractivity contribution < 1.29 is 9.53 Å². The molecule has 1 heterocycles. The van der Waals surface area contributed by atoms with E-state index in [4.69, 9.17) is 4.74 Å². The third-order valence-corrected chi connectivity index (χ3v) is 3.70. The Morgan fingerprint density at radius 1 is 1.28 bits per heavy atom. The molecule has 1 aromatic rings. The molecule has 0 radical (unpaired) electrons. The number of para-hydroxylation sites is 1. The Bertz CT molecular complexity index is 367. The fraction of sp³-hybridized carbons (Fsp3) is 0.462. The second-order valence-corrected chi connectivity index (χ2v) is 5.31. The van der Waals surface area contributed by atoms with E-state index in [1.165, 1.54) is 11.5 Å². The van der Waals surface area contributed by atoms with Crippen LogP contribution in [-0.2, 0) is 0 Å². The lowest BCUT2D eigenvalue weighted by Crippen LogP contribution is -2.39. The van der Waals surface area contributed by atoms with E-state index in [1.54, 1.807) is 12.1 Å². The third kappa shape index (κ3) is 4.58. The fourth-order valence-corrected chi connectivity index (χ4v) is 2.75. The molecule has 0 unspecified atom stereocenters. The van der Waals surface area contributed by atoms with Crippen LogP contribution in [0.1, 0.15) is 0 Å². The lowest BCUT2D eigenvalue weighted by atomic mass is 10.3. The standard InChI is InChI=1S/C13H18N2O2S/c16-13(17-12-4-2-1-3-5-12)14-6-7-15-8-10-18-11-9-15/h1-5H,6-11H2,(H,14,16). The van der Waals surface area contributed by atoms with Gasteiger partial charge in [-0.1, -0.05) is 18.2 Å². The van der Waals surface area contributed by atoms with Crippen LogP contribution in [0.25, 0.3) is 0 Å². The highest BCUT2D eigenvalue weighted by Crippen LogP contribution is 2.09. The molecule has 1 fully saturated rings. The number of carbonyl (C=O) groups excluding carboxylic acids is 1. The molecule has 1 aliphatic rings. The van der Waals surface area contributed by atoms with Gasteiger partial charge in [0.25, 0.3) is 0 Å².